The third-order valence-electron chi connectivity index (χ3n) is 4.64. The van der Waals surface area contributed by atoms with Gasteiger partial charge in [0.15, 0.2) is 5.65 Å². The van der Waals surface area contributed by atoms with Crippen LogP contribution in [0.15, 0.2) is 67.1 Å². The van der Waals surface area contributed by atoms with Crippen molar-refractivity contribution in [1.82, 2.24) is 24.8 Å². The van der Waals surface area contributed by atoms with E-state index in [1.165, 1.54) is 0 Å². The van der Waals surface area contributed by atoms with Crippen LogP contribution in [0.1, 0.15) is 6.42 Å². The van der Waals surface area contributed by atoms with Gasteiger partial charge < -0.3 is 19.9 Å². The molecular weight excluding hydrogens is 380 g/mol. The molecule has 0 atom stereocenters. The van der Waals surface area contributed by atoms with E-state index >= 15 is 0 Å². The fraction of sp³-hybridized carbons (Fsp3) is 0.182. The highest BCUT2D eigenvalue weighted by Gasteiger charge is 2.13. The molecule has 3 aromatic heterocycles. The van der Waals surface area contributed by atoms with Gasteiger partial charge in [0.1, 0.15) is 17.1 Å². The Morgan fingerprint density at radius 1 is 1.07 bits per heavy atom. The van der Waals surface area contributed by atoms with Gasteiger partial charge >= 0.3 is 6.03 Å². The van der Waals surface area contributed by atoms with Crippen LogP contribution in [0.25, 0.3) is 22.6 Å². The Balaban J connectivity index is 1.41. The molecule has 0 radical (unpaired) electrons. The molecule has 4 aromatic rings. The number of aryl methyl sites for hydroxylation is 1. The zero-order valence-electron chi connectivity index (χ0n) is 16.6. The van der Waals surface area contributed by atoms with Crippen LogP contribution in [0.2, 0.25) is 0 Å². The van der Waals surface area contributed by atoms with Gasteiger partial charge in [0.05, 0.1) is 12.8 Å². The van der Waals surface area contributed by atoms with Gasteiger partial charge in [-0.1, -0.05) is 12.1 Å². The van der Waals surface area contributed by atoms with E-state index in [1.54, 1.807) is 37.8 Å². The van der Waals surface area contributed by atoms with E-state index in [2.05, 4.69) is 25.2 Å². The number of hydrogen-bond donors (Lipinski definition) is 2. The lowest BCUT2D eigenvalue weighted by atomic mass is 10.2. The highest BCUT2D eigenvalue weighted by Crippen LogP contribution is 2.24. The monoisotopic (exact) mass is 402 g/mol. The van der Waals surface area contributed by atoms with Crippen molar-refractivity contribution in [2.24, 2.45) is 0 Å². The van der Waals surface area contributed by atoms with E-state index in [-0.39, 0.29) is 6.03 Å². The molecule has 30 heavy (non-hydrogen) atoms. The molecule has 0 unspecified atom stereocenters. The third kappa shape index (κ3) is 4.22. The fourth-order valence-corrected chi connectivity index (χ4v) is 3.25. The summed E-state index contributed by atoms with van der Waals surface area (Å²) in [5.41, 5.74) is 3.26. The van der Waals surface area contributed by atoms with E-state index in [9.17, 15) is 4.79 Å². The average Bonchev–Trinajstić information content (AvgIpc) is 3.16. The summed E-state index contributed by atoms with van der Waals surface area (Å²) in [6, 6.07) is 14.7. The van der Waals surface area contributed by atoms with Gasteiger partial charge in [0.25, 0.3) is 0 Å². The van der Waals surface area contributed by atoms with Crippen LogP contribution >= 0.6 is 0 Å². The number of fused-ring (bicyclic) bond motifs is 1. The van der Waals surface area contributed by atoms with Crippen LogP contribution in [0, 0.1) is 0 Å². The average molecular weight is 402 g/mol. The minimum absolute atomic E-state index is 0.275. The number of pyridine rings is 2. The number of carbonyl (C=O) groups is 1. The Kier molecular flexibility index (Phi) is 5.84. The first-order valence-corrected chi connectivity index (χ1v) is 9.66. The molecule has 0 fully saturated rings. The van der Waals surface area contributed by atoms with Crippen molar-refractivity contribution in [3.63, 3.8) is 0 Å². The number of ether oxygens (including phenoxy) is 1. The summed E-state index contributed by atoms with van der Waals surface area (Å²) in [5.74, 6) is 1.45. The molecule has 4 rings (SSSR count). The molecule has 0 saturated carbocycles. The predicted molar refractivity (Wildman–Crippen MR) is 115 cm³/mol. The van der Waals surface area contributed by atoms with Crippen molar-refractivity contribution >= 4 is 22.9 Å². The second-order valence-corrected chi connectivity index (χ2v) is 6.60. The Labute approximate surface area is 174 Å². The Morgan fingerprint density at radius 3 is 2.73 bits per heavy atom. The number of aromatic nitrogens is 4. The topological polar surface area (TPSA) is 94.0 Å². The summed E-state index contributed by atoms with van der Waals surface area (Å²) in [6.45, 7) is 1.17. The molecule has 0 aliphatic rings. The summed E-state index contributed by atoms with van der Waals surface area (Å²) in [6.07, 6.45) is 5.97. The van der Waals surface area contributed by atoms with E-state index in [0.717, 1.165) is 29.0 Å². The number of anilines is 1. The first kappa shape index (κ1) is 19.4. The van der Waals surface area contributed by atoms with Crippen molar-refractivity contribution < 1.29 is 9.53 Å². The number of nitrogens with zero attached hydrogens (tertiary/aromatic N) is 4. The molecule has 8 nitrogen and oxygen atoms in total. The van der Waals surface area contributed by atoms with E-state index in [1.807, 2.05) is 36.4 Å². The van der Waals surface area contributed by atoms with Gasteiger partial charge in [-0.2, -0.15) is 0 Å². The summed E-state index contributed by atoms with van der Waals surface area (Å²) in [4.78, 5) is 25.5. The van der Waals surface area contributed by atoms with Gasteiger partial charge in [0, 0.05) is 37.2 Å². The predicted octanol–water partition coefficient (Wildman–Crippen LogP) is 3.71. The summed E-state index contributed by atoms with van der Waals surface area (Å²) >= 11 is 0. The van der Waals surface area contributed by atoms with Gasteiger partial charge in [-0.05, 0) is 42.8 Å². The van der Waals surface area contributed by atoms with Gasteiger partial charge in [-0.25, -0.2) is 14.8 Å². The number of amides is 2. The van der Waals surface area contributed by atoms with Gasteiger partial charge in [0.2, 0.25) is 0 Å². The van der Waals surface area contributed by atoms with E-state index in [0.29, 0.717) is 24.5 Å². The molecule has 152 valence electrons. The normalized spacial score (nSPS) is 10.7. The molecule has 1 aromatic carbocycles. The zero-order chi connectivity index (χ0) is 20.8. The largest absolute Gasteiger partial charge is 0.495 e. The van der Waals surface area contributed by atoms with Crippen LogP contribution in [0.3, 0.4) is 0 Å². The van der Waals surface area contributed by atoms with E-state index < -0.39 is 0 Å². The van der Waals surface area contributed by atoms with Gasteiger partial charge in [-0.3, -0.25) is 4.98 Å². The lowest BCUT2D eigenvalue weighted by Crippen LogP contribution is -2.30. The van der Waals surface area contributed by atoms with Crippen molar-refractivity contribution in [3.8, 4) is 17.1 Å². The number of nitrogens with one attached hydrogen (secondary N) is 2. The highest BCUT2D eigenvalue weighted by atomic mass is 16.5. The quantitative estimate of drug-likeness (QED) is 0.460. The van der Waals surface area contributed by atoms with Crippen LogP contribution in [0.4, 0.5) is 10.5 Å². The number of rotatable bonds is 7. The van der Waals surface area contributed by atoms with Crippen LogP contribution in [0.5, 0.6) is 5.75 Å². The molecule has 8 heteroatoms. The summed E-state index contributed by atoms with van der Waals surface area (Å²) in [7, 11) is 1.57. The molecule has 2 amide bonds. The molecule has 0 aliphatic heterocycles. The smallest absolute Gasteiger partial charge is 0.319 e. The fourth-order valence-electron chi connectivity index (χ4n) is 3.25. The number of benzene rings is 1. The summed E-state index contributed by atoms with van der Waals surface area (Å²) in [5, 5.41) is 5.69. The molecule has 3 heterocycles. The number of methoxy groups -OCH3 is 1. The third-order valence-corrected chi connectivity index (χ3v) is 4.64. The zero-order valence-corrected chi connectivity index (χ0v) is 16.6. The molecule has 0 spiro atoms. The number of hydrogen-bond acceptors (Lipinski definition) is 5. The first-order chi connectivity index (χ1) is 14.8. The van der Waals surface area contributed by atoms with E-state index in [4.69, 9.17) is 9.72 Å². The molecule has 0 bridgehead atoms. The number of para-hydroxylation sites is 2. The van der Waals surface area contributed by atoms with Crippen molar-refractivity contribution in [3.05, 3.63) is 67.1 Å². The van der Waals surface area contributed by atoms with Crippen molar-refractivity contribution in [2.45, 2.75) is 13.0 Å². The highest BCUT2D eigenvalue weighted by molar-refractivity contribution is 5.90. The lowest BCUT2D eigenvalue weighted by molar-refractivity contribution is 0.251. The molecular formula is C22H22N6O2. The standard InChI is InChI=1S/C22H22N6O2/c1-30-19-8-3-2-6-17(19)27-22(29)25-12-5-15-28-20(16-9-13-23-14-10-16)26-18-7-4-11-24-21(18)28/h2-4,6-11,13-14H,5,12,15H2,1H3,(H2,25,27,29). The van der Waals surface area contributed by atoms with Crippen LogP contribution in [-0.2, 0) is 6.54 Å². The maximum Gasteiger partial charge on any atom is 0.319 e. The Bertz CT molecular complexity index is 1140. The lowest BCUT2D eigenvalue weighted by Gasteiger charge is -2.12. The SMILES string of the molecule is COc1ccccc1NC(=O)NCCCn1c(-c2ccncc2)nc2cccnc21. The maximum absolute atomic E-state index is 12.2. The molecule has 0 aliphatic carbocycles. The molecule has 2 N–H and O–H groups in total. The minimum Gasteiger partial charge on any atom is -0.495 e. The Morgan fingerprint density at radius 2 is 1.90 bits per heavy atom. The number of urea groups is 1. The van der Waals surface area contributed by atoms with Crippen molar-refractivity contribution in [2.75, 3.05) is 19.0 Å². The van der Waals surface area contributed by atoms with Crippen LogP contribution in [-0.4, -0.2) is 39.2 Å². The maximum atomic E-state index is 12.2. The number of imidazole rings is 1. The minimum atomic E-state index is -0.275. The second kappa shape index (κ2) is 9.04. The first-order valence-electron chi connectivity index (χ1n) is 9.66. The number of carbonyl (C=O) groups excluding carboxylic acids is 1. The van der Waals surface area contributed by atoms with Crippen molar-refractivity contribution in [1.29, 1.82) is 0 Å². The molecule has 0 saturated heterocycles. The van der Waals surface area contributed by atoms with Crippen LogP contribution < -0.4 is 15.4 Å². The Hall–Kier alpha value is -3.94. The second-order valence-electron chi connectivity index (χ2n) is 6.60. The van der Waals surface area contributed by atoms with Gasteiger partial charge in [-0.15, -0.1) is 0 Å². The summed E-state index contributed by atoms with van der Waals surface area (Å²) < 4.78 is 7.33.